The number of sulfonamides is 1. The highest BCUT2D eigenvalue weighted by atomic mass is 32.2. The largest absolute Gasteiger partial charge is 0.497 e. The normalized spacial score (nSPS) is 10.9. The molecule has 2 amide bonds. The Kier molecular flexibility index (Phi) is 8.43. The van der Waals surface area contributed by atoms with E-state index in [0.717, 1.165) is 0 Å². The van der Waals surface area contributed by atoms with E-state index in [1.165, 1.54) is 37.4 Å². The van der Waals surface area contributed by atoms with E-state index >= 15 is 0 Å². The third-order valence-corrected chi connectivity index (χ3v) is 6.60. The van der Waals surface area contributed by atoms with Gasteiger partial charge in [-0.15, -0.1) is 0 Å². The molecule has 0 spiro atoms. The third kappa shape index (κ3) is 7.28. The highest BCUT2D eigenvalue weighted by Gasteiger charge is 2.18. The van der Waals surface area contributed by atoms with E-state index in [-0.39, 0.29) is 29.7 Å². The third-order valence-electron chi connectivity index (χ3n) is 5.08. The number of carbonyl (C=O) groups is 2. The van der Waals surface area contributed by atoms with Gasteiger partial charge in [-0.3, -0.25) is 14.3 Å². The highest BCUT2D eigenvalue weighted by Crippen LogP contribution is 2.24. The molecule has 8 nitrogen and oxygen atoms in total. The van der Waals surface area contributed by atoms with Gasteiger partial charge in [-0.1, -0.05) is 6.07 Å². The zero-order valence-electron chi connectivity index (χ0n) is 19.3. The predicted octanol–water partition coefficient (Wildman–Crippen LogP) is 4.09. The summed E-state index contributed by atoms with van der Waals surface area (Å²) in [5.41, 5.74) is 1.56. The van der Waals surface area contributed by atoms with Crippen molar-refractivity contribution in [3.05, 3.63) is 83.7 Å². The summed E-state index contributed by atoms with van der Waals surface area (Å²) in [5.74, 6) is -0.509. The Hall–Kier alpha value is -3.92. The van der Waals surface area contributed by atoms with Crippen molar-refractivity contribution in [2.24, 2.45) is 0 Å². The standard InChI is InChI=1S/C25H26FN3O5S/c1-17-5-10-21(16-23(17)35(32,33)29-20-11-13-22(34-2)14-12-20)28-24(30)4-3-15-27-25(31)18-6-8-19(26)9-7-18/h5-14,16,29H,3-4,15H2,1-2H3,(H,27,31)(H,28,30). The first kappa shape index (κ1) is 25.7. The van der Waals surface area contributed by atoms with E-state index in [9.17, 15) is 22.4 Å². The number of ether oxygens (including phenoxy) is 1. The Labute approximate surface area is 203 Å². The summed E-state index contributed by atoms with van der Waals surface area (Å²) in [6.07, 6.45) is 0.485. The number of aryl methyl sites for hydroxylation is 1. The van der Waals surface area contributed by atoms with Crippen LogP contribution in [0.3, 0.4) is 0 Å². The Bertz CT molecular complexity index is 1290. The van der Waals surface area contributed by atoms with Gasteiger partial charge < -0.3 is 15.4 Å². The molecule has 0 atom stereocenters. The van der Waals surface area contributed by atoms with Crippen LogP contribution < -0.4 is 20.1 Å². The van der Waals surface area contributed by atoms with Gasteiger partial charge in [-0.25, -0.2) is 12.8 Å². The van der Waals surface area contributed by atoms with Crippen LogP contribution in [0.5, 0.6) is 5.75 Å². The Balaban J connectivity index is 1.55. The molecule has 0 radical (unpaired) electrons. The monoisotopic (exact) mass is 499 g/mol. The molecule has 0 aliphatic rings. The molecule has 3 rings (SSSR count). The summed E-state index contributed by atoms with van der Waals surface area (Å²) in [6, 6.07) is 16.3. The molecule has 3 aromatic carbocycles. The fraction of sp³-hybridized carbons (Fsp3) is 0.200. The lowest BCUT2D eigenvalue weighted by Gasteiger charge is -2.13. The minimum Gasteiger partial charge on any atom is -0.497 e. The summed E-state index contributed by atoms with van der Waals surface area (Å²) in [7, 11) is -2.37. The molecule has 0 saturated carbocycles. The Morgan fingerprint density at radius 3 is 2.26 bits per heavy atom. The van der Waals surface area contributed by atoms with Crippen molar-refractivity contribution < 1.29 is 27.1 Å². The molecule has 3 aromatic rings. The molecule has 3 N–H and O–H groups in total. The first-order valence-electron chi connectivity index (χ1n) is 10.8. The second-order valence-corrected chi connectivity index (χ2v) is 9.38. The van der Waals surface area contributed by atoms with Crippen LogP contribution in [-0.2, 0) is 14.8 Å². The molecule has 184 valence electrons. The number of methoxy groups -OCH3 is 1. The molecule has 0 aliphatic heterocycles. The Morgan fingerprint density at radius 2 is 1.60 bits per heavy atom. The summed E-state index contributed by atoms with van der Waals surface area (Å²) in [6.45, 7) is 1.92. The van der Waals surface area contributed by atoms with Crippen LogP contribution in [0.25, 0.3) is 0 Å². The van der Waals surface area contributed by atoms with Crippen molar-refractivity contribution >= 4 is 33.2 Å². The zero-order valence-corrected chi connectivity index (χ0v) is 20.1. The van der Waals surface area contributed by atoms with Gasteiger partial charge in [0.05, 0.1) is 12.0 Å². The van der Waals surface area contributed by atoms with E-state index < -0.39 is 15.8 Å². The van der Waals surface area contributed by atoms with Crippen molar-refractivity contribution in [2.45, 2.75) is 24.7 Å². The van der Waals surface area contributed by atoms with Gasteiger partial charge in [-0.05, 0) is 79.6 Å². The first-order valence-corrected chi connectivity index (χ1v) is 12.3. The molecule has 0 saturated heterocycles. The van der Waals surface area contributed by atoms with E-state index in [1.807, 2.05) is 0 Å². The molecular weight excluding hydrogens is 473 g/mol. The van der Waals surface area contributed by atoms with E-state index in [4.69, 9.17) is 4.74 Å². The van der Waals surface area contributed by atoms with Crippen LogP contribution in [-0.4, -0.2) is 33.9 Å². The van der Waals surface area contributed by atoms with Gasteiger partial charge >= 0.3 is 0 Å². The molecule has 0 unspecified atom stereocenters. The van der Waals surface area contributed by atoms with Crippen LogP contribution >= 0.6 is 0 Å². The number of hydrogen-bond acceptors (Lipinski definition) is 5. The average Bonchev–Trinajstić information content (AvgIpc) is 2.83. The number of nitrogens with one attached hydrogen (secondary N) is 3. The van der Waals surface area contributed by atoms with Crippen molar-refractivity contribution in [1.29, 1.82) is 0 Å². The van der Waals surface area contributed by atoms with Gasteiger partial charge in [-0.2, -0.15) is 0 Å². The van der Waals surface area contributed by atoms with Crippen molar-refractivity contribution in [2.75, 3.05) is 23.7 Å². The van der Waals surface area contributed by atoms with Gasteiger partial charge in [0, 0.05) is 29.9 Å². The molecular formula is C25H26FN3O5S. The highest BCUT2D eigenvalue weighted by molar-refractivity contribution is 7.92. The molecule has 35 heavy (non-hydrogen) atoms. The molecule has 0 bridgehead atoms. The number of carbonyl (C=O) groups excluding carboxylic acids is 2. The van der Waals surface area contributed by atoms with Crippen LogP contribution in [0.1, 0.15) is 28.8 Å². The van der Waals surface area contributed by atoms with Gasteiger partial charge in [0.1, 0.15) is 11.6 Å². The number of hydrogen-bond donors (Lipinski definition) is 3. The smallest absolute Gasteiger partial charge is 0.262 e. The lowest BCUT2D eigenvalue weighted by molar-refractivity contribution is -0.116. The maximum absolute atomic E-state index is 12.9. The quantitative estimate of drug-likeness (QED) is 0.364. The van der Waals surface area contributed by atoms with Crippen molar-refractivity contribution in [3.8, 4) is 5.75 Å². The van der Waals surface area contributed by atoms with Crippen LogP contribution in [0.2, 0.25) is 0 Å². The van der Waals surface area contributed by atoms with Crippen LogP contribution in [0.15, 0.2) is 71.6 Å². The fourth-order valence-corrected chi connectivity index (χ4v) is 4.54. The lowest BCUT2D eigenvalue weighted by Crippen LogP contribution is -2.25. The molecule has 0 fully saturated rings. The maximum Gasteiger partial charge on any atom is 0.262 e. The molecule has 0 aliphatic carbocycles. The first-order chi connectivity index (χ1) is 16.7. The Morgan fingerprint density at radius 1 is 0.943 bits per heavy atom. The van der Waals surface area contributed by atoms with E-state index in [0.29, 0.717) is 34.7 Å². The predicted molar refractivity (Wildman–Crippen MR) is 132 cm³/mol. The minimum atomic E-state index is -3.89. The topological polar surface area (TPSA) is 114 Å². The van der Waals surface area contributed by atoms with Crippen molar-refractivity contribution in [3.63, 3.8) is 0 Å². The number of halogens is 1. The SMILES string of the molecule is COc1ccc(NS(=O)(=O)c2cc(NC(=O)CCCNC(=O)c3ccc(F)cc3)ccc2C)cc1. The van der Waals surface area contributed by atoms with E-state index in [1.54, 1.807) is 43.3 Å². The molecule has 10 heteroatoms. The summed E-state index contributed by atoms with van der Waals surface area (Å²) in [5, 5.41) is 5.35. The lowest BCUT2D eigenvalue weighted by atomic mass is 10.2. The van der Waals surface area contributed by atoms with Gasteiger partial charge in [0.2, 0.25) is 5.91 Å². The molecule has 0 heterocycles. The zero-order chi connectivity index (χ0) is 25.4. The number of anilines is 2. The van der Waals surface area contributed by atoms with Gasteiger partial charge in [0.15, 0.2) is 0 Å². The summed E-state index contributed by atoms with van der Waals surface area (Å²) < 4.78 is 46.4. The van der Waals surface area contributed by atoms with Gasteiger partial charge in [0.25, 0.3) is 15.9 Å². The second-order valence-electron chi connectivity index (χ2n) is 7.73. The summed E-state index contributed by atoms with van der Waals surface area (Å²) in [4.78, 5) is 24.4. The number of rotatable bonds is 10. The van der Waals surface area contributed by atoms with Crippen LogP contribution in [0.4, 0.5) is 15.8 Å². The maximum atomic E-state index is 12.9. The number of amides is 2. The average molecular weight is 500 g/mol. The van der Waals surface area contributed by atoms with E-state index in [2.05, 4.69) is 15.4 Å². The van der Waals surface area contributed by atoms with Crippen molar-refractivity contribution in [1.82, 2.24) is 5.32 Å². The summed E-state index contributed by atoms with van der Waals surface area (Å²) >= 11 is 0. The molecule has 0 aromatic heterocycles. The second kappa shape index (κ2) is 11.5. The minimum absolute atomic E-state index is 0.0395. The fourth-order valence-electron chi connectivity index (χ4n) is 3.21. The van der Waals surface area contributed by atoms with Crippen LogP contribution in [0, 0.1) is 12.7 Å². The number of benzene rings is 3.